The highest BCUT2D eigenvalue weighted by Crippen LogP contribution is 2.76. The summed E-state index contributed by atoms with van der Waals surface area (Å²) in [6.07, 6.45) is 7.16. The molecular weight excluding hydrogens is 624 g/mol. The van der Waals surface area contributed by atoms with Crippen molar-refractivity contribution in [1.29, 1.82) is 0 Å². The topological polar surface area (TPSA) is 103 Å². The van der Waals surface area contributed by atoms with E-state index in [1.54, 1.807) is 19.1 Å². The molecule has 7 nitrogen and oxygen atoms in total. The summed E-state index contributed by atoms with van der Waals surface area (Å²) in [5.74, 6) is 1.06. The third kappa shape index (κ3) is 4.76. The Morgan fingerprint density at radius 2 is 1.62 bits per heavy atom. The zero-order chi connectivity index (χ0) is 34.6. The largest absolute Gasteiger partial charge is 0.462 e. The lowest BCUT2D eigenvalue weighted by Gasteiger charge is -2.71. The van der Waals surface area contributed by atoms with Crippen molar-refractivity contribution in [2.24, 2.45) is 57.2 Å². The van der Waals surface area contributed by atoms with Gasteiger partial charge in [0.05, 0.1) is 5.92 Å². The zero-order valence-corrected chi connectivity index (χ0v) is 30.7. The zero-order valence-electron chi connectivity index (χ0n) is 29.9. The van der Waals surface area contributed by atoms with E-state index in [1.807, 2.05) is 12.1 Å². The standard InChI is InChI=1S/C40H53ClN2O5/c1-21(2)30-31-25(32(33(30)45)34(46)36-43-42-35(48-36)23-9-11-24(41)12-10-23)15-19-39(7)26(31)13-14-28-38(6)18-17-29(47-22(3)44)37(4,5)27(38)16-20-40(28,39)8/h9-12,21,25-29,32,34,46H,13-20H2,1-8H3/t25?,26-,27+,28-,29+,32+,34-,38+,39-,40-/m1/s1. The Balaban J connectivity index is 1.20. The van der Waals surface area contributed by atoms with Gasteiger partial charge < -0.3 is 14.3 Å². The molecule has 1 N–H and O–H groups in total. The van der Waals surface area contributed by atoms with E-state index in [0.29, 0.717) is 28.7 Å². The number of Topliss-reactive ketones (excluding diaryl/α,β-unsaturated/α-hetero) is 1. The molecule has 5 aliphatic rings. The van der Waals surface area contributed by atoms with E-state index in [-0.39, 0.29) is 57.2 Å². The maximum Gasteiger partial charge on any atom is 0.302 e. The van der Waals surface area contributed by atoms with Gasteiger partial charge in [0.2, 0.25) is 11.8 Å². The number of carbonyl (C=O) groups is 2. The molecule has 10 atom stereocenters. The van der Waals surface area contributed by atoms with E-state index < -0.39 is 12.0 Å². The van der Waals surface area contributed by atoms with Gasteiger partial charge >= 0.3 is 5.97 Å². The number of hydrogen-bond acceptors (Lipinski definition) is 7. The first-order chi connectivity index (χ1) is 22.5. The van der Waals surface area contributed by atoms with Crippen molar-refractivity contribution in [2.75, 3.05) is 0 Å². The number of halogens is 1. The monoisotopic (exact) mass is 676 g/mol. The molecule has 7 rings (SSSR count). The van der Waals surface area contributed by atoms with Crippen LogP contribution in [0.25, 0.3) is 11.5 Å². The quantitative estimate of drug-likeness (QED) is 0.315. The van der Waals surface area contributed by atoms with Crippen LogP contribution < -0.4 is 0 Å². The van der Waals surface area contributed by atoms with Crippen LogP contribution >= 0.6 is 11.6 Å². The number of ether oxygens (including phenoxy) is 1. The molecule has 0 amide bonds. The Bertz CT molecular complexity index is 1640. The third-order valence-corrected chi connectivity index (χ3v) is 15.1. The van der Waals surface area contributed by atoms with Gasteiger partial charge in [-0.1, -0.05) is 65.6 Å². The van der Waals surface area contributed by atoms with Crippen molar-refractivity contribution in [1.82, 2.24) is 10.2 Å². The number of allylic oxidation sites excluding steroid dienone is 2. The van der Waals surface area contributed by atoms with Crippen LogP contribution in [0.5, 0.6) is 0 Å². The van der Waals surface area contributed by atoms with Gasteiger partial charge in [0.25, 0.3) is 0 Å². The summed E-state index contributed by atoms with van der Waals surface area (Å²) in [6, 6.07) is 7.14. The van der Waals surface area contributed by atoms with E-state index in [9.17, 15) is 14.7 Å². The minimum Gasteiger partial charge on any atom is -0.462 e. The first-order valence-corrected chi connectivity index (χ1v) is 18.6. The summed E-state index contributed by atoms with van der Waals surface area (Å²) in [5.41, 5.74) is 3.21. The fraction of sp³-hybridized carbons (Fsp3) is 0.700. The second kappa shape index (κ2) is 11.5. The number of hydrogen-bond donors (Lipinski definition) is 1. The molecule has 1 aromatic carbocycles. The van der Waals surface area contributed by atoms with Crippen molar-refractivity contribution < 1.29 is 23.8 Å². The number of aliphatic hydroxyl groups is 1. The molecule has 260 valence electrons. The van der Waals surface area contributed by atoms with E-state index >= 15 is 0 Å². The molecule has 1 aromatic heterocycles. The van der Waals surface area contributed by atoms with Gasteiger partial charge in [-0.2, -0.15) is 0 Å². The van der Waals surface area contributed by atoms with Crippen LogP contribution in [0.2, 0.25) is 5.02 Å². The lowest BCUT2D eigenvalue weighted by Crippen LogP contribution is -2.65. The number of nitrogens with zero attached hydrogens (tertiary/aromatic N) is 2. The maximum absolute atomic E-state index is 14.4. The Labute approximate surface area is 290 Å². The number of esters is 1. The summed E-state index contributed by atoms with van der Waals surface area (Å²) in [7, 11) is 0. The fourth-order valence-electron chi connectivity index (χ4n) is 12.6. The molecule has 8 heteroatoms. The van der Waals surface area contributed by atoms with Crippen molar-refractivity contribution in [3.05, 3.63) is 46.3 Å². The first kappa shape index (κ1) is 34.0. The number of benzene rings is 1. The second-order valence-corrected chi connectivity index (χ2v) is 18.0. The Hall–Kier alpha value is -2.51. The number of aromatic nitrogens is 2. The predicted octanol–water partition coefficient (Wildman–Crippen LogP) is 9.19. The molecular formula is C40H53ClN2O5. The predicted molar refractivity (Wildman–Crippen MR) is 185 cm³/mol. The van der Waals surface area contributed by atoms with Crippen LogP contribution in [0.1, 0.15) is 119 Å². The van der Waals surface area contributed by atoms with Crippen LogP contribution in [0, 0.1) is 57.2 Å². The maximum atomic E-state index is 14.4. The van der Waals surface area contributed by atoms with Gasteiger partial charge in [-0.15, -0.1) is 10.2 Å². The second-order valence-electron chi connectivity index (χ2n) is 17.5. The Morgan fingerprint density at radius 1 is 0.938 bits per heavy atom. The van der Waals surface area contributed by atoms with E-state index in [1.165, 1.54) is 5.57 Å². The van der Waals surface area contributed by atoms with Crippen LogP contribution in [0.3, 0.4) is 0 Å². The smallest absolute Gasteiger partial charge is 0.302 e. The summed E-state index contributed by atoms with van der Waals surface area (Å²) < 4.78 is 11.9. The number of fused-ring (bicyclic) bond motifs is 7. The van der Waals surface area contributed by atoms with Crippen molar-refractivity contribution in [3.63, 3.8) is 0 Å². The molecule has 0 saturated heterocycles. The van der Waals surface area contributed by atoms with Crippen LogP contribution in [0.15, 0.2) is 39.8 Å². The Kier molecular flexibility index (Phi) is 8.15. The van der Waals surface area contributed by atoms with Crippen LogP contribution in [0.4, 0.5) is 0 Å². The number of ketones is 1. The number of rotatable bonds is 5. The molecule has 5 aliphatic carbocycles. The normalized spacial score (nSPS) is 39.4. The minimum atomic E-state index is -1.16. The van der Waals surface area contributed by atoms with Gasteiger partial charge in [0.15, 0.2) is 5.78 Å². The molecule has 0 spiro atoms. The number of carbonyl (C=O) groups excluding carboxylic acids is 2. The summed E-state index contributed by atoms with van der Waals surface area (Å²) >= 11 is 6.07. The summed E-state index contributed by atoms with van der Waals surface area (Å²) in [4.78, 5) is 26.5. The molecule has 1 unspecified atom stereocenters. The highest BCUT2D eigenvalue weighted by molar-refractivity contribution is 6.30. The van der Waals surface area contributed by atoms with Crippen LogP contribution in [-0.4, -0.2) is 33.2 Å². The van der Waals surface area contributed by atoms with E-state index in [4.69, 9.17) is 20.8 Å². The van der Waals surface area contributed by atoms with Crippen molar-refractivity contribution in [2.45, 2.75) is 119 Å². The highest BCUT2D eigenvalue weighted by atomic mass is 35.5. The lowest BCUT2D eigenvalue weighted by molar-refractivity contribution is -0.231. The summed E-state index contributed by atoms with van der Waals surface area (Å²) in [6.45, 7) is 18.1. The van der Waals surface area contributed by atoms with Gasteiger partial charge in [-0.05, 0) is 127 Å². The third-order valence-electron chi connectivity index (χ3n) is 14.9. The molecule has 4 saturated carbocycles. The van der Waals surface area contributed by atoms with Gasteiger partial charge in [-0.25, -0.2) is 0 Å². The molecule has 4 fully saturated rings. The minimum absolute atomic E-state index is 0.0287. The molecule has 0 radical (unpaired) electrons. The fourth-order valence-corrected chi connectivity index (χ4v) is 12.7. The van der Waals surface area contributed by atoms with E-state index in [0.717, 1.165) is 62.5 Å². The Morgan fingerprint density at radius 3 is 2.29 bits per heavy atom. The average Bonchev–Trinajstić information content (AvgIpc) is 3.62. The van der Waals surface area contributed by atoms with Crippen molar-refractivity contribution in [3.8, 4) is 11.5 Å². The van der Waals surface area contributed by atoms with Gasteiger partial charge in [-0.3, -0.25) is 9.59 Å². The first-order valence-electron chi connectivity index (χ1n) is 18.3. The molecule has 1 heterocycles. The van der Waals surface area contributed by atoms with Gasteiger partial charge in [0.1, 0.15) is 12.2 Å². The van der Waals surface area contributed by atoms with Crippen molar-refractivity contribution >= 4 is 23.4 Å². The van der Waals surface area contributed by atoms with E-state index in [2.05, 4.69) is 58.7 Å². The molecule has 48 heavy (non-hydrogen) atoms. The van der Waals surface area contributed by atoms with Crippen LogP contribution in [-0.2, 0) is 14.3 Å². The average molecular weight is 677 g/mol. The molecule has 0 bridgehead atoms. The number of aliphatic hydroxyl groups excluding tert-OH is 1. The lowest BCUT2D eigenvalue weighted by atomic mass is 9.33. The summed E-state index contributed by atoms with van der Waals surface area (Å²) in [5, 5.41) is 20.9. The highest BCUT2D eigenvalue weighted by Gasteiger charge is 2.69. The SMILES string of the molecule is CC(=O)O[C@H]1CC[C@]2(C)[C@H]3CC[C@@H]4C5=C(C(C)C)C(=O)[C@@H]([C@@H](O)c6nnc(-c7ccc(Cl)cc7)o6)C5CC[C@@]4(C)[C@]3(C)CC[C@H]2C1(C)C. The molecule has 0 aliphatic heterocycles. The van der Waals surface area contributed by atoms with Gasteiger partial charge in [0, 0.05) is 22.9 Å². The molecule has 2 aromatic rings.